The molecule has 0 spiro atoms. The van der Waals surface area contributed by atoms with Crippen LogP contribution in [-0.2, 0) is 13.2 Å². The second kappa shape index (κ2) is 7.16. The van der Waals surface area contributed by atoms with Crippen LogP contribution < -0.4 is 5.32 Å². The van der Waals surface area contributed by atoms with Crippen molar-refractivity contribution >= 4 is 5.65 Å². The van der Waals surface area contributed by atoms with Crippen molar-refractivity contribution in [1.29, 1.82) is 0 Å². The molecule has 144 valence electrons. The smallest absolute Gasteiger partial charge is 0.166 e. The highest BCUT2D eigenvalue weighted by Gasteiger charge is 2.17. The number of fused-ring (bicyclic) bond motifs is 1. The van der Waals surface area contributed by atoms with Gasteiger partial charge in [0.15, 0.2) is 12.4 Å². The number of aromatic nitrogens is 7. The summed E-state index contributed by atoms with van der Waals surface area (Å²) in [6.07, 6.45) is 11.6. The summed E-state index contributed by atoms with van der Waals surface area (Å²) < 4.78 is 18.4. The van der Waals surface area contributed by atoms with Crippen molar-refractivity contribution in [3.63, 3.8) is 0 Å². The van der Waals surface area contributed by atoms with Gasteiger partial charge in [0.05, 0.1) is 36.2 Å². The maximum Gasteiger partial charge on any atom is 0.166 e. The molecule has 0 amide bonds. The van der Waals surface area contributed by atoms with Gasteiger partial charge in [-0.2, -0.15) is 10.2 Å². The first-order chi connectivity index (χ1) is 13.8. The number of imidazole rings is 2. The zero-order valence-corrected chi connectivity index (χ0v) is 15.4. The van der Waals surface area contributed by atoms with Gasteiger partial charge in [-0.1, -0.05) is 0 Å². The van der Waals surface area contributed by atoms with Crippen molar-refractivity contribution in [3.05, 3.63) is 54.6 Å². The fourth-order valence-corrected chi connectivity index (χ4v) is 3.73. The van der Waals surface area contributed by atoms with E-state index in [1.807, 2.05) is 22.8 Å². The summed E-state index contributed by atoms with van der Waals surface area (Å²) in [5.74, 6) is 0. The average molecular weight is 380 g/mol. The van der Waals surface area contributed by atoms with Crippen molar-refractivity contribution < 1.29 is 4.39 Å². The van der Waals surface area contributed by atoms with Crippen molar-refractivity contribution in [2.24, 2.45) is 0 Å². The van der Waals surface area contributed by atoms with Crippen LogP contribution in [0.2, 0.25) is 0 Å². The van der Waals surface area contributed by atoms with Crippen molar-refractivity contribution in [1.82, 2.24) is 39.2 Å². The maximum atomic E-state index is 13.1. The highest BCUT2D eigenvalue weighted by atomic mass is 19.1. The van der Waals surface area contributed by atoms with Crippen LogP contribution in [0.1, 0.15) is 30.3 Å². The third kappa shape index (κ3) is 3.07. The number of alkyl halides is 1. The molecule has 0 aliphatic carbocycles. The van der Waals surface area contributed by atoms with Crippen LogP contribution in [0.15, 0.2) is 43.2 Å². The van der Waals surface area contributed by atoms with E-state index < -0.39 is 6.80 Å². The van der Waals surface area contributed by atoms with Gasteiger partial charge in [0.1, 0.15) is 0 Å². The Labute approximate surface area is 161 Å². The third-order valence-corrected chi connectivity index (χ3v) is 5.30. The summed E-state index contributed by atoms with van der Waals surface area (Å²) in [6, 6.07) is 4.34. The van der Waals surface area contributed by atoms with E-state index in [0.29, 0.717) is 12.5 Å². The van der Waals surface area contributed by atoms with Crippen LogP contribution in [0, 0.1) is 0 Å². The molecule has 8 nitrogen and oxygen atoms in total. The molecule has 0 saturated carbocycles. The Morgan fingerprint density at radius 2 is 2.00 bits per heavy atom. The van der Waals surface area contributed by atoms with Gasteiger partial charge in [-0.05, 0) is 38.1 Å². The van der Waals surface area contributed by atoms with Crippen LogP contribution in [-0.4, -0.2) is 47.0 Å². The Morgan fingerprint density at radius 3 is 2.86 bits per heavy atom. The molecule has 0 unspecified atom stereocenters. The molecule has 5 rings (SSSR count). The molecule has 0 atom stereocenters. The molecule has 1 aliphatic rings. The monoisotopic (exact) mass is 380 g/mol. The summed E-state index contributed by atoms with van der Waals surface area (Å²) in [5.41, 5.74) is 4.25. The highest BCUT2D eigenvalue weighted by molar-refractivity contribution is 5.58. The molecule has 0 radical (unpaired) electrons. The minimum absolute atomic E-state index is 0.434. The molecule has 1 aliphatic heterocycles. The molecule has 0 bridgehead atoms. The van der Waals surface area contributed by atoms with E-state index in [-0.39, 0.29) is 0 Å². The Bertz CT molecular complexity index is 1090. The Balaban J connectivity index is 1.45. The van der Waals surface area contributed by atoms with Gasteiger partial charge in [-0.25, -0.2) is 18.9 Å². The van der Waals surface area contributed by atoms with Gasteiger partial charge < -0.3 is 9.88 Å². The van der Waals surface area contributed by atoms with E-state index in [4.69, 9.17) is 5.10 Å². The molecule has 1 N–H and O–H groups in total. The van der Waals surface area contributed by atoms with E-state index in [1.54, 1.807) is 12.4 Å². The third-order valence-electron chi connectivity index (χ3n) is 5.30. The first kappa shape index (κ1) is 17.1. The van der Waals surface area contributed by atoms with Gasteiger partial charge in [-0.3, -0.25) is 4.68 Å². The second-order valence-electron chi connectivity index (χ2n) is 7.08. The van der Waals surface area contributed by atoms with Crippen LogP contribution in [0.4, 0.5) is 4.39 Å². The molecule has 5 heterocycles. The van der Waals surface area contributed by atoms with Gasteiger partial charge in [-0.15, -0.1) is 0 Å². The lowest BCUT2D eigenvalue weighted by Gasteiger charge is -2.22. The van der Waals surface area contributed by atoms with Crippen LogP contribution in [0.3, 0.4) is 0 Å². The lowest BCUT2D eigenvalue weighted by molar-refractivity contribution is 0.343. The molecular formula is C19H21FN8. The van der Waals surface area contributed by atoms with Crippen molar-refractivity contribution in [3.8, 4) is 11.3 Å². The quantitative estimate of drug-likeness (QED) is 0.575. The Morgan fingerprint density at radius 1 is 1.11 bits per heavy atom. The number of hydrogen-bond donors (Lipinski definition) is 1. The summed E-state index contributed by atoms with van der Waals surface area (Å²) in [5, 5.41) is 12.7. The molecule has 4 aromatic rings. The van der Waals surface area contributed by atoms with Crippen LogP contribution in [0.25, 0.3) is 16.9 Å². The summed E-state index contributed by atoms with van der Waals surface area (Å²) in [7, 11) is 0. The molecule has 9 heteroatoms. The Kier molecular flexibility index (Phi) is 4.36. The highest BCUT2D eigenvalue weighted by Crippen LogP contribution is 2.23. The largest absolute Gasteiger partial charge is 0.317 e. The van der Waals surface area contributed by atoms with E-state index in [9.17, 15) is 4.39 Å². The maximum absolute atomic E-state index is 13.1. The van der Waals surface area contributed by atoms with Gasteiger partial charge in [0, 0.05) is 30.1 Å². The summed E-state index contributed by atoms with van der Waals surface area (Å²) in [6.45, 7) is 1.45. The minimum atomic E-state index is -0.597. The zero-order chi connectivity index (χ0) is 18.9. The van der Waals surface area contributed by atoms with E-state index in [2.05, 4.69) is 31.3 Å². The minimum Gasteiger partial charge on any atom is -0.317 e. The van der Waals surface area contributed by atoms with E-state index >= 15 is 0 Å². The van der Waals surface area contributed by atoms with Crippen molar-refractivity contribution in [2.45, 2.75) is 32.1 Å². The van der Waals surface area contributed by atoms with Gasteiger partial charge in [0.2, 0.25) is 0 Å². The molecule has 1 fully saturated rings. The first-order valence-electron chi connectivity index (χ1n) is 9.46. The summed E-state index contributed by atoms with van der Waals surface area (Å²) >= 11 is 0. The number of hydrogen-bond acceptors (Lipinski definition) is 5. The number of rotatable bonds is 5. The SMILES string of the molecule is FCn1cncc1Cc1cnc2ccc(-c3cnn(C4CCNCC4)c3)nn12. The van der Waals surface area contributed by atoms with Crippen LogP contribution >= 0.6 is 0 Å². The average Bonchev–Trinajstić information content (AvgIpc) is 3.49. The molecule has 0 aromatic carbocycles. The molecule has 1 saturated heterocycles. The van der Waals surface area contributed by atoms with Crippen LogP contribution in [0.5, 0.6) is 0 Å². The predicted molar refractivity (Wildman–Crippen MR) is 101 cm³/mol. The Hall–Kier alpha value is -3.07. The second-order valence-corrected chi connectivity index (χ2v) is 7.08. The molecule has 28 heavy (non-hydrogen) atoms. The number of nitrogens with one attached hydrogen (secondary N) is 1. The van der Waals surface area contributed by atoms with E-state index in [0.717, 1.165) is 54.2 Å². The van der Waals surface area contributed by atoms with Crippen molar-refractivity contribution in [2.75, 3.05) is 13.1 Å². The summed E-state index contributed by atoms with van der Waals surface area (Å²) in [4.78, 5) is 8.44. The predicted octanol–water partition coefficient (Wildman–Crippen LogP) is 2.23. The first-order valence-corrected chi connectivity index (χ1v) is 9.46. The standard InChI is InChI=1S/C19H21FN8/c20-12-26-13-22-9-16(26)7-17-10-23-19-2-1-18(25-28(17)19)14-8-24-27(11-14)15-3-5-21-6-4-15/h1-2,8-11,13,15,21H,3-7,12H2. The van der Waals surface area contributed by atoms with Gasteiger partial charge >= 0.3 is 0 Å². The zero-order valence-electron chi connectivity index (χ0n) is 15.4. The number of nitrogens with zero attached hydrogens (tertiary/aromatic N) is 7. The number of piperidine rings is 1. The number of halogens is 1. The molecular weight excluding hydrogens is 359 g/mol. The van der Waals surface area contributed by atoms with Gasteiger partial charge in [0.25, 0.3) is 0 Å². The topological polar surface area (TPSA) is 77.9 Å². The fraction of sp³-hybridized carbons (Fsp3) is 0.368. The fourth-order valence-electron chi connectivity index (χ4n) is 3.73. The van der Waals surface area contributed by atoms with E-state index in [1.165, 1.54) is 10.9 Å². The molecule has 4 aromatic heterocycles. The lowest BCUT2D eigenvalue weighted by atomic mass is 10.1. The lowest BCUT2D eigenvalue weighted by Crippen LogP contribution is -2.29. The normalized spacial score (nSPS) is 15.5.